The highest BCUT2D eigenvalue weighted by molar-refractivity contribution is 6.01. The van der Waals surface area contributed by atoms with Crippen LogP contribution < -0.4 is 10.2 Å². The van der Waals surface area contributed by atoms with Gasteiger partial charge in [0, 0.05) is 11.1 Å². The van der Waals surface area contributed by atoms with Gasteiger partial charge in [0.05, 0.1) is 12.3 Å². The molecule has 0 saturated carbocycles. The van der Waals surface area contributed by atoms with E-state index in [0.717, 1.165) is 17.7 Å². The molecule has 0 aliphatic carbocycles. The summed E-state index contributed by atoms with van der Waals surface area (Å²) in [5.41, 5.74) is 4.38. The summed E-state index contributed by atoms with van der Waals surface area (Å²) in [7, 11) is 0. The van der Waals surface area contributed by atoms with E-state index in [-0.39, 0.29) is 11.7 Å². The number of carbonyl (C=O) groups excluding carboxylic acids is 1. The van der Waals surface area contributed by atoms with E-state index in [1.807, 2.05) is 6.07 Å². The molecule has 2 aromatic carbocycles. The lowest BCUT2D eigenvalue weighted by Crippen LogP contribution is -2.19. The summed E-state index contributed by atoms with van der Waals surface area (Å²) in [4.78, 5) is 12.2. The largest absolute Gasteiger partial charge is 0.508 e. The lowest BCUT2D eigenvalue weighted by molar-refractivity contribution is 0.0955. The molecule has 2 aromatic rings. The Kier molecular flexibility index (Phi) is 6.57. The first kappa shape index (κ1) is 18.5. The monoisotopic (exact) mass is 340 g/mol. The highest BCUT2D eigenvalue weighted by Crippen LogP contribution is 2.14. The van der Waals surface area contributed by atoms with Gasteiger partial charge in [-0.1, -0.05) is 26.0 Å². The molecule has 1 amide bonds. The lowest BCUT2D eigenvalue weighted by atomic mass is 10.1. The molecule has 0 saturated heterocycles. The van der Waals surface area contributed by atoms with Crippen LogP contribution >= 0.6 is 0 Å². The lowest BCUT2D eigenvalue weighted by Gasteiger charge is -2.08. The number of amides is 1. The van der Waals surface area contributed by atoms with Crippen molar-refractivity contribution in [2.24, 2.45) is 11.0 Å². The van der Waals surface area contributed by atoms with Crippen LogP contribution in [0.25, 0.3) is 0 Å². The molecule has 0 atom stereocenters. The molecular formula is C20H24N2O3. The average molecular weight is 340 g/mol. The molecular weight excluding hydrogens is 316 g/mol. The van der Waals surface area contributed by atoms with E-state index in [9.17, 15) is 9.90 Å². The number of ether oxygens (including phenoxy) is 1. The van der Waals surface area contributed by atoms with Crippen LogP contribution in [0.5, 0.6) is 11.5 Å². The van der Waals surface area contributed by atoms with Gasteiger partial charge in [0.25, 0.3) is 5.91 Å². The first-order valence-electron chi connectivity index (χ1n) is 8.32. The standard InChI is InChI=1S/C20H24N2O3/c1-14(2)11-12-25-19-9-7-16(8-10-19)20(24)22-21-15(3)17-5-4-6-18(23)13-17/h4-10,13-14,23H,11-12H2,1-3H3,(H,22,24)/b21-15-. The topological polar surface area (TPSA) is 70.9 Å². The zero-order valence-electron chi connectivity index (χ0n) is 14.8. The second-order valence-electron chi connectivity index (χ2n) is 6.24. The number of carbonyl (C=O) groups is 1. The van der Waals surface area contributed by atoms with Gasteiger partial charge in [-0.2, -0.15) is 5.10 Å². The van der Waals surface area contributed by atoms with E-state index in [1.54, 1.807) is 49.4 Å². The van der Waals surface area contributed by atoms with E-state index >= 15 is 0 Å². The molecule has 5 nitrogen and oxygen atoms in total. The smallest absolute Gasteiger partial charge is 0.271 e. The van der Waals surface area contributed by atoms with Gasteiger partial charge in [-0.25, -0.2) is 5.43 Å². The van der Waals surface area contributed by atoms with Crippen molar-refractivity contribution < 1.29 is 14.6 Å². The zero-order chi connectivity index (χ0) is 18.2. The number of hydrogen-bond donors (Lipinski definition) is 2. The second-order valence-corrected chi connectivity index (χ2v) is 6.24. The zero-order valence-corrected chi connectivity index (χ0v) is 14.8. The Morgan fingerprint density at radius 3 is 2.52 bits per heavy atom. The summed E-state index contributed by atoms with van der Waals surface area (Å²) in [6.45, 7) is 6.73. The van der Waals surface area contributed by atoms with Crippen molar-refractivity contribution in [3.05, 3.63) is 59.7 Å². The predicted molar refractivity (Wildman–Crippen MR) is 99.2 cm³/mol. The fourth-order valence-electron chi connectivity index (χ4n) is 2.11. The van der Waals surface area contributed by atoms with Gasteiger partial charge in [-0.3, -0.25) is 4.79 Å². The van der Waals surface area contributed by atoms with Crippen LogP contribution in [0.1, 0.15) is 43.1 Å². The van der Waals surface area contributed by atoms with Crippen molar-refractivity contribution in [3.8, 4) is 11.5 Å². The summed E-state index contributed by atoms with van der Waals surface area (Å²) in [6.07, 6.45) is 0.991. The van der Waals surface area contributed by atoms with Crippen molar-refractivity contribution in [3.63, 3.8) is 0 Å². The summed E-state index contributed by atoms with van der Waals surface area (Å²) in [6, 6.07) is 13.7. The van der Waals surface area contributed by atoms with E-state index < -0.39 is 0 Å². The third-order valence-corrected chi connectivity index (χ3v) is 3.67. The minimum Gasteiger partial charge on any atom is -0.508 e. The van der Waals surface area contributed by atoms with Gasteiger partial charge in [-0.15, -0.1) is 0 Å². The molecule has 0 heterocycles. The van der Waals surface area contributed by atoms with E-state index in [0.29, 0.717) is 23.8 Å². The number of phenolic OH excluding ortho intramolecular Hbond substituents is 1. The summed E-state index contributed by atoms with van der Waals surface area (Å²) in [5, 5.41) is 13.6. The van der Waals surface area contributed by atoms with Crippen molar-refractivity contribution in [1.82, 2.24) is 5.43 Å². The molecule has 0 unspecified atom stereocenters. The van der Waals surface area contributed by atoms with Gasteiger partial charge in [0.2, 0.25) is 0 Å². The van der Waals surface area contributed by atoms with E-state index in [1.165, 1.54) is 0 Å². The van der Waals surface area contributed by atoms with Gasteiger partial charge in [-0.05, 0) is 55.7 Å². The molecule has 0 bridgehead atoms. The number of aromatic hydroxyl groups is 1. The molecule has 132 valence electrons. The van der Waals surface area contributed by atoms with Crippen LogP contribution in [0.3, 0.4) is 0 Å². The summed E-state index contributed by atoms with van der Waals surface area (Å²) >= 11 is 0. The molecule has 0 radical (unpaired) electrons. The molecule has 0 aliphatic heterocycles. The Labute approximate surface area is 148 Å². The number of rotatable bonds is 7. The number of nitrogens with zero attached hydrogens (tertiary/aromatic N) is 1. The van der Waals surface area contributed by atoms with Crippen molar-refractivity contribution in [2.75, 3.05) is 6.61 Å². The van der Waals surface area contributed by atoms with Gasteiger partial charge >= 0.3 is 0 Å². The molecule has 0 fully saturated rings. The predicted octanol–water partition coefficient (Wildman–Crippen LogP) is 3.97. The Morgan fingerprint density at radius 2 is 1.88 bits per heavy atom. The molecule has 2 N–H and O–H groups in total. The Hall–Kier alpha value is -2.82. The van der Waals surface area contributed by atoms with Crippen molar-refractivity contribution in [2.45, 2.75) is 27.2 Å². The van der Waals surface area contributed by atoms with Crippen LogP contribution in [0, 0.1) is 5.92 Å². The minimum atomic E-state index is -0.298. The fraction of sp³-hybridized carbons (Fsp3) is 0.300. The molecule has 0 aromatic heterocycles. The fourth-order valence-corrected chi connectivity index (χ4v) is 2.11. The maximum absolute atomic E-state index is 12.2. The Morgan fingerprint density at radius 1 is 1.16 bits per heavy atom. The summed E-state index contributed by atoms with van der Waals surface area (Å²) < 4.78 is 5.64. The maximum Gasteiger partial charge on any atom is 0.271 e. The van der Waals surface area contributed by atoms with Crippen LogP contribution in [0.15, 0.2) is 53.6 Å². The number of nitrogens with one attached hydrogen (secondary N) is 1. The normalized spacial score (nSPS) is 11.4. The van der Waals surface area contributed by atoms with Crippen molar-refractivity contribution in [1.29, 1.82) is 0 Å². The molecule has 25 heavy (non-hydrogen) atoms. The van der Waals surface area contributed by atoms with Crippen LogP contribution in [-0.4, -0.2) is 23.3 Å². The molecule has 0 aliphatic rings. The minimum absolute atomic E-state index is 0.159. The SMILES string of the molecule is C/C(=N/NC(=O)c1ccc(OCCC(C)C)cc1)c1cccc(O)c1. The molecule has 5 heteroatoms. The third kappa shape index (κ3) is 5.95. The van der Waals surface area contributed by atoms with Gasteiger partial charge in [0.15, 0.2) is 0 Å². The summed E-state index contributed by atoms with van der Waals surface area (Å²) in [5.74, 6) is 1.20. The van der Waals surface area contributed by atoms with Crippen LogP contribution in [0.4, 0.5) is 0 Å². The highest BCUT2D eigenvalue weighted by Gasteiger charge is 2.06. The maximum atomic E-state index is 12.2. The first-order chi connectivity index (χ1) is 12.0. The number of hydrazone groups is 1. The third-order valence-electron chi connectivity index (χ3n) is 3.67. The van der Waals surface area contributed by atoms with Crippen LogP contribution in [0.2, 0.25) is 0 Å². The van der Waals surface area contributed by atoms with Crippen molar-refractivity contribution >= 4 is 11.6 Å². The van der Waals surface area contributed by atoms with E-state index in [2.05, 4.69) is 24.4 Å². The van der Waals surface area contributed by atoms with E-state index in [4.69, 9.17) is 4.74 Å². The quantitative estimate of drug-likeness (QED) is 0.592. The first-order valence-corrected chi connectivity index (χ1v) is 8.32. The highest BCUT2D eigenvalue weighted by atomic mass is 16.5. The Bertz CT molecular complexity index is 737. The van der Waals surface area contributed by atoms with Gasteiger partial charge < -0.3 is 9.84 Å². The molecule has 2 rings (SSSR count). The molecule has 0 spiro atoms. The number of benzene rings is 2. The van der Waals surface area contributed by atoms with Crippen LogP contribution in [-0.2, 0) is 0 Å². The number of hydrogen-bond acceptors (Lipinski definition) is 4. The average Bonchev–Trinajstić information content (AvgIpc) is 2.59. The Balaban J connectivity index is 1.93. The second kappa shape index (κ2) is 8.87. The van der Waals surface area contributed by atoms with Gasteiger partial charge in [0.1, 0.15) is 11.5 Å². The number of phenols is 1.